The standard InChI is InChI=1S/C16H15BrN2O2/c1-20-15-6-5-11(7-13(15)9-19)10-21-16-12(8-18)3-2-4-14(16)17/h2-7H,8,10,18H2,1H3. The van der Waals surface area contributed by atoms with E-state index < -0.39 is 0 Å². The Bertz CT molecular complexity index is 680. The molecule has 21 heavy (non-hydrogen) atoms. The third-order valence-electron chi connectivity index (χ3n) is 3.04. The second-order valence-electron chi connectivity index (χ2n) is 4.37. The molecule has 0 amide bonds. The number of hydrogen-bond donors (Lipinski definition) is 1. The van der Waals surface area contributed by atoms with Gasteiger partial charge in [-0.25, -0.2) is 0 Å². The molecule has 108 valence electrons. The fourth-order valence-corrected chi connectivity index (χ4v) is 2.49. The van der Waals surface area contributed by atoms with Gasteiger partial charge >= 0.3 is 0 Å². The van der Waals surface area contributed by atoms with Crippen molar-refractivity contribution in [3.8, 4) is 17.6 Å². The van der Waals surface area contributed by atoms with E-state index in [1.165, 1.54) is 0 Å². The zero-order valence-corrected chi connectivity index (χ0v) is 13.2. The molecule has 0 heterocycles. The van der Waals surface area contributed by atoms with Crippen LogP contribution >= 0.6 is 15.9 Å². The molecule has 0 aliphatic carbocycles. The Kier molecular flexibility index (Phi) is 5.20. The zero-order chi connectivity index (χ0) is 15.2. The molecule has 0 fully saturated rings. The van der Waals surface area contributed by atoms with Gasteiger partial charge in [0.25, 0.3) is 0 Å². The van der Waals surface area contributed by atoms with Crippen molar-refractivity contribution in [2.75, 3.05) is 7.11 Å². The first-order valence-electron chi connectivity index (χ1n) is 6.37. The minimum absolute atomic E-state index is 0.355. The molecule has 0 radical (unpaired) electrons. The first-order chi connectivity index (χ1) is 10.2. The van der Waals surface area contributed by atoms with Crippen molar-refractivity contribution in [1.29, 1.82) is 5.26 Å². The molecule has 0 atom stereocenters. The third-order valence-corrected chi connectivity index (χ3v) is 3.66. The number of para-hydroxylation sites is 1. The highest BCUT2D eigenvalue weighted by molar-refractivity contribution is 9.10. The molecule has 2 aromatic carbocycles. The third kappa shape index (κ3) is 3.54. The molecule has 0 aromatic heterocycles. The maximum atomic E-state index is 9.09. The summed E-state index contributed by atoms with van der Waals surface area (Å²) in [5.74, 6) is 1.29. The van der Waals surface area contributed by atoms with E-state index in [0.717, 1.165) is 21.3 Å². The van der Waals surface area contributed by atoms with Crippen LogP contribution in [0.4, 0.5) is 0 Å². The number of hydrogen-bond acceptors (Lipinski definition) is 4. The van der Waals surface area contributed by atoms with Crippen molar-refractivity contribution in [3.63, 3.8) is 0 Å². The highest BCUT2D eigenvalue weighted by atomic mass is 79.9. The fourth-order valence-electron chi connectivity index (χ4n) is 1.96. The molecule has 0 unspecified atom stereocenters. The Labute approximate surface area is 132 Å². The molecule has 0 saturated heterocycles. The Balaban J connectivity index is 2.19. The van der Waals surface area contributed by atoms with Crippen LogP contribution in [0.2, 0.25) is 0 Å². The van der Waals surface area contributed by atoms with Gasteiger partial charge in [0.15, 0.2) is 0 Å². The number of nitrogens with two attached hydrogens (primary N) is 1. The van der Waals surface area contributed by atoms with Crippen LogP contribution in [0.1, 0.15) is 16.7 Å². The SMILES string of the molecule is COc1ccc(COc2c(Br)cccc2CN)cc1C#N. The van der Waals surface area contributed by atoms with Gasteiger partial charge in [-0.05, 0) is 39.7 Å². The van der Waals surface area contributed by atoms with E-state index in [-0.39, 0.29) is 0 Å². The monoisotopic (exact) mass is 346 g/mol. The molecule has 0 aliphatic rings. The van der Waals surface area contributed by atoms with Gasteiger partial charge in [0.05, 0.1) is 17.1 Å². The molecule has 2 N–H and O–H groups in total. The van der Waals surface area contributed by atoms with Crippen LogP contribution in [0.5, 0.6) is 11.5 Å². The molecule has 5 heteroatoms. The maximum Gasteiger partial charge on any atom is 0.138 e. The summed E-state index contributed by atoms with van der Waals surface area (Å²) in [7, 11) is 1.54. The molecule has 0 bridgehead atoms. The topological polar surface area (TPSA) is 68.3 Å². The van der Waals surface area contributed by atoms with Crippen molar-refractivity contribution in [2.45, 2.75) is 13.2 Å². The Hall–Kier alpha value is -2.03. The number of ether oxygens (including phenoxy) is 2. The molecule has 0 spiro atoms. The van der Waals surface area contributed by atoms with Crippen molar-refractivity contribution >= 4 is 15.9 Å². The molecule has 4 nitrogen and oxygen atoms in total. The molecular weight excluding hydrogens is 332 g/mol. The van der Waals surface area contributed by atoms with Crippen LogP contribution < -0.4 is 15.2 Å². The van der Waals surface area contributed by atoms with Gasteiger partial charge in [-0.1, -0.05) is 18.2 Å². The minimum Gasteiger partial charge on any atom is -0.495 e. The summed E-state index contributed by atoms with van der Waals surface area (Å²) >= 11 is 3.46. The van der Waals surface area contributed by atoms with E-state index in [1.807, 2.05) is 24.3 Å². The van der Waals surface area contributed by atoms with E-state index in [1.54, 1.807) is 19.2 Å². The lowest BCUT2D eigenvalue weighted by molar-refractivity contribution is 0.300. The van der Waals surface area contributed by atoms with Crippen LogP contribution in [0.15, 0.2) is 40.9 Å². The van der Waals surface area contributed by atoms with Gasteiger partial charge < -0.3 is 15.2 Å². The Morgan fingerprint density at radius 3 is 2.76 bits per heavy atom. The van der Waals surface area contributed by atoms with E-state index in [4.69, 9.17) is 20.5 Å². The lowest BCUT2D eigenvalue weighted by Crippen LogP contribution is -2.03. The Morgan fingerprint density at radius 1 is 1.29 bits per heavy atom. The summed E-state index contributed by atoms with van der Waals surface area (Å²) in [5, 5.41) is 9.09. The number of nitriles is 1. The molecule has 0 aliphatic heterocycles. The molecule has 0 saturated carbocycles. The number of rotatable bonds is 5. The van der Waals surface area contributed by atoms with E-state index in [0.29, 0.717) is 24.5 Å². The first-order valence-corrected chi connectivity index (χ1v) is 7.16. The first kappa shape index (κ1) is 15.4. The van der Waals surface area contributed by atoms with Gasteiger partial charge in [0.2, 0.25) is 0 Å². The summed E-state index contributed by atoms with van der Waals surface area (Å²) in [6.45, 7) is 0.759. The largest absolute Gasteiger partial charge is 0.495 e. The van der Waals surface area contributed by atoms with E-state index in [9.17, 15) is 0 Å². The van der Waals surface area contributed by atoms with Crippen molar-refractivity contribution in [3.05, 3.63) is 57.6 Å². The second-order valence-corrected chi connectivity index (χ2v) is 5.22. The van der Waals surface area contributed by atoms with Gasteiger partial charge in [-0.3, -0.25) is 0 Å². The van der Waals surface area contributed by atoms with Crippen molar-refractivity contribution < 1.29 is 9.47 Å². The second kappa shape index (κ2) is 7.11. The van der Waals surface area contributed by atoms with Gasteiger partial charge in [0.1, 0.15) is 24.2 Å². The quantitative estimate of drug-likeness (QED) is 0.901. The van der Waals surface area contributed by atoms with Gasteiger partial charge in [0, 0.05) is 12.1 Å². The number of benzene rings is 2. The smallest absolute Gasteiger partial charge is 0.138 e. The minimum atomic E-state index is 0.355. The molecule has 2 rings (SSSR count). The van der Waals surface area contributed by atoms with Crippen LogP contribution in [-0.2, 0) is 13.2 Å². The van der Waals surface area contributed by atoms with Gasteiger partial charge in [-0.2, -0.15) is 5.26 Å². The molecular formula is C16H15BrN2O2. The van der Waals surface area contributed by atoms with Gasteiger partial charge in [-0.15, -0.1) is 0 Å². The predicted molar refractivity (Wildman–Crippen MR) is 84.1 cm³/mol. The van der Waals surface area contributed by atoms with Crippen LogP contribution in [0.25, 0.3) is 0 Å². The normalized spacial score (nSPS) is 10.0. The lowest BCUT2D eigenvalue weighted by Gasteiger charge is -2.13. The zero-order valence-electron chi connectivity index (χ0n) is 11.6. The fraction of sp³-hybridized carbons (Fsp3) is 0.188. The van der Waals surface area contributed by atoms with Crippen molar-refractivity contribution in [1.82, 2.24) is 0 Å². The maximum absolute atomic E-state index is 9.09. The van der Waals surface area contributed by atoms with E-state index in [2.05, 4.69) is 22.0 Å². The lowest BCUT2D eigenvalue weighted by atomic mass is 10.1. The predicted octanol–water partition coefficient (Wildman–Crippen LogP) is 3.37. The van der Waals surface area contributed by atoms with Crippen LogP contribution in [0.3, 0.4) is 0 Å². The number of nitrogens with zero attached hydrogens (tertiary/aromatic N) is 1. The average molecular weight is 347 g/mol. The van der Waals surface area contributed by atoms with Crippen LogP contribution in [-0.4, -0.2) is 7.11 Å². The summed E-state index contributed by atoms with van der Waals surface area (Å²) in [6, 6.07) is 13.3. The summed E-state index contributed by atoms with van der Waals surface area (Å²) in [4.78, 5) is 0. The van der Waals surface area contributed by atoms with Crippen LogP contribution in [0, 0.1) is 11.3 Å². The van der Waals surface area contributed by atoms with E-state index >= 15 is 0 Å². The summed E-state index contributed by atoms with van der Waals surface area (Å²) in [6.07, 6.45) is 0. The average Bonchev–Trinajstić information content (AvgIpc) is 2.53. The Morgan fingerprint density at radius 2 is 2.10 bits per heavy atom. The highest BCUT2D eigenvalue weighted by Crippen LogP contribution is 2.30. The number of halogens is 1. The number of methoxy groups -OCH3 is 1. The van der Waals surface area contributed by atoms with Crippen molar-refractivity contribution in [2.24, 2.45) is 5.73 Å². The molecule has 2 aromatic rings. The summed E-state index contributed by atoms with van der Waals surface area (Å²) in [5.41, 5.74) is 8.03. The summed E-state index contributed by atoms with van der Waals surface area (Å²) < 4.78 is 11.8. The highest BCUT2D eigenvalue weighted by Gasteiger charge is 2.08.